The van der Waals surface area contributed by atoms with Gasteiger partial charge in [-0.25, -0.2) is 9.97 Å². The second-order valence-corrected chi connectivity index (χ2v) is 4.33. The van der Waals surface area contributed by atoms with E-state index in [0.717, 1.165) is 21.5 Å². The first-order chi connectivity index (χ1) is 7.86. The molecule has 0 aliphatic carbocycles. The van der Waals surface area contributed by atoms with E-state index >= 15 is 0 Å². The highest BCUT2D eigenvalue weighted by atomic mass is 32.1. The largest absolute Gasteiger partial charge is 0.473 e. The molecule has 0 aromatic carbocycles. The van der Waals surface area contributed by atoms with Gasteiger partial charge in [0, 0.05) is 29.5 Å². The maximum absolute atomic E-state index is 5.07. The highest BCUT2D eigenvalue weighted by molar-refractivity contribution is 7.16. The van der Waals surface area contributed by atoms with Crippen LogP contribution in [0.3, 0.4) is 0 Å². The first kappa shape index (κ1) is 9.35. The third-order valence-corrected chi connectivity index (χ3v) is 3.35. The minimum absolute atomic E-state index is 0.671. The van der Waals surface area contributed by atoms with Gasteiger partial charge in [0.1, 0.15) is 5.65 Å². The van der Waals surface area contributed by atoms with E-state index in [-0.39, 0.29) is 0 Å². The molecule has 0 saturated heterocycles. The highest BCUT2D eigenvalue weighted by Crippen LogP contribution is 2.30. The van der Waals surface area contributed by atoms with Crippen molar-refractivity contribution in [3.63, 3.8) is 0 Å². The Bertz CT molecular complexity index is 629. The average molecular weight is 231 g/mol. The van der Waals surface area contributed by atoms with Gasteiger partial charge in [-0.2, -0.15) is 0 Å². The van der Waals surface area contributed by atoms with Crippen molar-refractivity contribution < 1.29 is 4.74 Å². The molecule has 0 unspecified atom stereocenters. The molecule has 0 spiro atoms. The SMILES string of the molecule is COc1ncc(-c2cnc3[nH]ccc3c2)s1. The molecule has 0 radical (unpaired) electrons. The van der Waals surface area contributed by atoms with Crippen LogP contribution in [0.2, 0.25) is 0 Å². The smallest absolute Gasteiger partial charge is 0.273 e. The average Bonchev–Trinajstić information content (AvgIpc) is 2.96. The first-order valence-corrected chi connectivity index (χ1v) is 5.62. The predicted molar refractivity (Wildman–Crippen MR) is 63.8 cm³/mol. The summed E-state index contributed by atoms with van der Waals surface area (Å²) in [5.41, 5.74) is 1.97. The fourth-order valence-electron chi connectivity index (χ4n) is 1.56. The normalized spacial score (nSPS) is 10.8. The summed E-state index contributed by atoms with van der Waals surface area (Å²) in [5, 5.41) is 1.77. The number of H-pyrrole nitrogens is 1. The molecule has 0 amide bonds. The number of fused-ring (bicyclic) bond motifs is 1. The predicted octanol–water partition coefficient (Wildman–Crippen LogP) is 2.70. The number of aromatic nitrogens is 3. The van der Waals surface area contributed by atoms with Crippen molar-refractivity contribution in [2.75, 3.05) is 7.11 Å². The van der Waals surface area contributed by atoms with E-state index in [9.17, 15) is 0 Å². The van der Waals surface area contributed by atoms with E-state index in [1.165, 1.54) is 11.3 Å². The number of aromatic amines is 1. The molecule has 0 aliphatic heterocycles. The minimum atomic E-state index is 0.671. The van der Waals surface area contributed by atoms with Crippen LogP contribution < -0.4 is 4.74 Å². The Kier molecular flexibility index (Phi) is 2.11. The molecule has 4 nitrogen and oxygen atoms in total. The van der Waals surface area contributed by atoms with Gasteiger partial charge in [0.25, 0.3) is 5.19 Å². The van der Waals surface area contributed by atoms with Crippen molar-refractivity contribution in [2.24, 2.45) is 0 Å². The number of hydrogen-bond acceptors (Lipinski definition) is 4. The number of hydrogen-bond donors (Lipinski definition) is 1. The zero-order valence-corrected chi connectivity index (χ0v) is 9.41. The molecule has 0 saturated carbocycles. The van der Waals surface area contributed by atoms with Crippen LogP contribution in [0.25, 0.3) is 21.5 Å². The van der Waals surface area contributed by atoms with Crippen molar-refractivity contribution >= 4 is 22.4 Å². The topological polar surface area (TPSA) is 50.8 Å². The summed E-state index contributed by atoms with van der Waals surface area (Å²) in [6.07, 6.45) is 5.53. The maximum atomic E-state index is 5.07. The summed E-state index contributed by atoms with van der Waals surface area (Å²) in [7, 11) is 1.62. The molecule has 0 fully saturated rings. The fraction of sp³-hybridized carbons (Fsp3) is 0.0909. The Labute approximate surface area is 95.9 Å². The molecule has 3 heterocycles. The van der Waals surface area contributed by atoms with Gasteiger partial charge < -0.3 is 9.72 Å². The van der Waals surface area contributed by atoms with E-state index in [0.29, 0.717) is 5.19 Å². The van der Waals surface area contributed by atoms with E-state index in [1.54, 1.807) is 13.3 Å². The van der Waals surface area contributed by atoms with Crippen LogP contribution >= 0.6 is 11.3 Å². The van der Waals surface area contributed by atoms with Gasteiger partial charge in [0.2, 0.25) is 0 Å². The summed E-state index contributed by atoms with van der Waals surface area (Å²) in [4.78, 5) is 12.6. The highest BCUT2D eigenvalue weighted by Gasteiger charge is 2.06. The Morgan fingerprint density at radius 2 is 2.25 bits per heavy atom. The standard InChI is InChI=1S/C11H9N3OS/c1-15-11-14-6-9(16-11)8-4-7-2-3-12-10(7)13-5-8/h2-6H,1H3,(H,12,13). The zero-order valence-electron chi connectivity index (χ0n) is 8.60. The lowest BCUT2D eigenvalue weighted by Gasteiger charge is -1.95. The lowest BCUT2D eigenvalue weighted by molar-refractivity contribution is 0.412. The Balaban J connectivity index is 2.10. The quantitative estimate of drug-likeness (QED) is 0.737. The van der Waals surface area contributed by atoms with Crippen LogP contribution in [0.5, 0.6) is 5.19 Å². The molecule has 1 N–H and O–H groups in total. The maximum Gasteiger partial charge on any atom is 0.273 e. The molecule has 3 rings (SSSR count). The molecule has 5 heteroatoms. The second-order valence-electron chi connectivity index (χ2n) is 3.33. The summed E-state index contributed by atoms with van der Waals surface area (Å²) in [5.74, 6) is 0. The third kappa shape index (κ3) is 1.45. The van der Waals surface area contributed by atoms with E-state index in [2.05, 4.69) is 21.0 Å². The van der Waals surface area contributed by atoms with Gasteiger partial charge in [0.15, 0.2) is 0 Å². The lowest BCUT2D eigenvalue weighted by atomic mass is 10.2. The number of methoxy groups -OCH3 is 1. The van der Waals surface area contributed by atoms with Crippen LogP contribution in [0.15, 0.2) is 30.7 Å². The van der Waals surface area contributed by atoms with Crippen molar-refractivity contribution in [3.05, 3.63) is 30.7 Å². The van der Waals surface area contributed by atoms with E-state index < -0.39 is 0 Å². The Morgan fingerprint density at radius 3 is 3.06 bits per heavy atom. The fourth-order valence-corrected chi connectivity index (χ4v) is 2.27. The molecular weight excluding hydrogens is 222 g/mol. The number of ether oxygens (including phenoxy) is 1. The van der Waals surface area contributed by atoms with Gasteiger partial charge in [-0.05, 0) is 12.1 Å². The number of nitrogens with zero attached hydrogens (tertiary/aromatic N) is 2. The van der Waals surface area contributed by atoms with Crippen molar-refractivity contribution in [1.82, 2.24) is 15.0 Å². The van der Waals surface area contributed by atoms with Gasteiger partial charge in [-0.1, -0.05) is 11.3 Å². The second kappa shape index (κ2) is 3.61. The Hall–Kier alpha value is -1.88. The van der Waals surface area contributed by atoms with E-state index in [1.807, 2.05) is 18.5 Å². The lowest BCUT2D eigenvalue weighted by Crippen LogP contribution is -1.78. The minimum Gasteiger partial charge on any atom is -0.473 e. The summed E-state index contributed by atoms with van der Waals surface area (Å²) in [6, 6.07) is 4.09. The third-order valence-electron chi connectivity index (χ3n) is 2.34. The summed E-state index contributed by atoms with van der Waals surface area (Å²) in [6.45, 7) is 0. The first-order valence-electron chi connectivity index (χ1n) is 4.80. The van der Waals surface area contributed by atoms with Gasteiger partial charge in [-0.3, -0.25) is 0 Å². The van der Waals surface area contributed by atoms with Crippen molar-refractivity contribution in [3.8, 4) is 15.6 Å². The molecule has 0 atom stereocenters. The molecule has 16 heavy (non-hydrogen) atoms. The van der Waals surface area contributed by atoms with Crippen LogP contribution in [-0.4, -0.2) is 22.1 Å². The van der Waals surface area contributed by atoms with Crippen LogP contribution in [0.1, 0.15) is 0 Å². The van der Waals surface area contributed by atoms with Gasteiger partial charge in [-0.15, -0.1) is 0 Å². The van der Waals surface area contributed by atoms with Crippen LogP contribution in [0.4, 0.5) is 0 Å². The number of rotatable bonds is 2. The molecule has 0 aliphatic rings. The molecular formula is C11H9N3OS. The van der Waals surface area contributed by atoms with Crippen LogP contribution in [-0.2, 0) is 0 Å². The number of thiazole rings is 1. The van der Waals surface area contributed by atoms with Crippen LogP contribution in [0, 0.1) is 0 Å². The molecule has 3 aromatic rings. The molecule has 3 aromatic heterocycles. The number of pyridine rings is 1. The molecule has 0 bridgehead atoms. The monoisotopic (exact) mass is 231 g/mol. The number of nitrogens with one attached hydrogen (secondary N) is 1. The van der Waals surface area contributed by atoms with Crippen molar-refractivity contribution in [2.45, 2.75) is 0 Å². The Morgan fingerprint density at radius 1 is 1.31 bits per heavy atom. The van der Waals surface area contributed by atoms with Gasteiger partial charge >= 0.3 is 0 Å². The van der Waals surface area contributed by atoms with E-state index in [4.69, 9.17) is 4.74 Å². The summed E-state index contributed by atoms with van der Waals surface area (Å²) < 4.78 is 5.07. The van der Waals surface area contributed by atoms with Crippen molar-refractivity contribution in [1.29, 1.82) is 0 Å². The van der Waals surface area contributed by atoms with Gasteiger partial charge in [0.05, 0.1) is 12.0 Å². The summed E-state index contributed by atoms with van der Waals surface area (Å²) >= 11 is 1.51. The molecule has 80 valence electrons. The zero-order chi connectivity index (χ0) is 11.0.